The zero-order chi connectivity index (χ0) is 21.8. The van der Waals surface area contributed by atoms with Crippen molar-refractivity contribution in [3.8, 4) is 33.3 Å². The number of aromatic amines is 2. The van der Waals surface area contributed by atoms with Gasteiger partial charge >= 0.3 is 0 Å². The number of allylic oxidation sites excluding steroid dienone is 1. The van der Waals surface area contributed by atoms with E-state index in [0.717, 1.165) is 54.3 Å². The molecule has 0 aliphatic heterocycles. The first-order valence-electron chi connectivity index (χ1n) is 10.0. The highest BCUT2D eigenvalue weighted by Crippen LogP contribution is 2.35. The third-order valence-corrected chi connectivity index (χ3v) is 6.55. The van der Waals surface area contributed by atoms with Crippen molar-refractivity contribution in [2.45, 2.75) is 6.92 Å². The van der Waals surface area contributed by atoms with Crippen LogP contribution in [-0.2, 0) is 7.05 Å². The van der Waals surface area contributed by atoms with Gasteiger partial charge in [-0.25, -0.2) is 9.97 Å². The lowest BCUT2D eigenvalue weighted by Gasteiger charge is -1.98. The van der Waals surface area contributed by atoms with E-state index < -0.39 is 0 Å². The average molecular weight is 439 g/mol. The second-order valence-corrected chi connectivity index (χ2v) is 8.74. The van der Waals surface area contributed by atoms with Gasteiger partial charge in [0.15, 0.2) is 11.5 Å². The molecule has 6 rings (SSSR count). The predicted molar refractivity (Wildman–Crippen MR) is 127 cm³/mol. The SMILES string of the molecule is C=C(C)c1ccc(-c2nccc3[nH]c(-c4n[nH]c5ccc(-c6cnn(C)c6)nc45)nc23)s1. The Morgan fingerprint density at radius 2 is 1.91 bits per heavy atom. The molecule has 0 aliphatic rings. The Kier molecular flexibility index (Phi) is 4.05. The largest absolute Gasteiger partial charge is 0.336 e. The van der Waals surface area contributed by atoms with Crippen LogP contribution >= 0.6 is 11.3 Å². The molecule has 0 amide bonds. The molecule has 6 heterocycles. The number of thiophene rings is 1. The van der Waals surface area contributed by atoms with Gasteiger partial charge in [0, 0.05) is 29.9 Å². The van der Waals surface area contributed by atoms with Gasteiger partial charge in [-0.1, -0.05) is 6.58 Å². The molecule has 6 aromatic heterocycles. The molecule has 0 saturated carbocycles. The maximum absolute atomic E-state index is 4.87. The lowest BCUT2D eigenvalue weighted by Crippen LogP contribution is -1.87. The number of aryl methyl sites for hydroxylation is 1. The van der Waals surface area contributed by atoms with E-state index in [1.54, 1.807) is 28.4 Å². The molecule has 0 radical (unpaired) electrons. The van der Waals surface area contributed by atoms with E-state index in [2.05, 4.69) is 44.0 Å². The summed E-state index contributed by atoms with van der Waals surface area (Å²) in [5.41, 5.74) is 7.62. The predicted octanol–water partition coefficient (Wildman–Crippen LogP) is 5.06. The normalized spacial score (nSPS) is 11.6. The van der Waals surface area contributed by atoms with Crippen molar-refractivity contribution >= 4 is 39.0 Å². The number of imidazole rings is 1. The first-order valence-corrected chi connectivity index (χ1v) is 10.8. The van der Waals surface area contributed by atoms with E-state index in [0.29, 0.717) is 11.5 Å². The standard InChI is InChI=1S/C23H18N8S/c1-12(2)17-6-7-18(32-17)21-19-15(8-9-24-21)27-23(28-19)22-20-16(29-30-22)5-4-14(26-20)13-10-25-31(3)11-13/h4-11H,1H2,2-3H3,(H,27,28)(H,29,30). The Bertz CT molecular complexity index is 1630. The number of rotatable bonds is 4. The average Bonchev–Trinajstić information content (AvgIpc) is 3.56. The first kappa shape index (κ1) is 18.6. The molecule has 2 N–H and O–H groups in total. The number of fused-ring (bicyclic) bond motifs is 2. The van der Waals surface area contributed by atoms with Gasteiger partial charge in [0.25, 0.3) is 0 Å². The maximum Gasteiger partial charge on any atom is 0.161 e. The Morgan fingerprint density at radius 3 is 2.69 bits per heavy atom. The summed E-state index contributed by atoms with van der Waals surface area (Å²) in [6, 6.07) is 9.99. The van der Waals surface area contributed by atoms with Crippen molar-refractivity contribution in [3.05, 3.63) is 60.4 Å². The second-order valence-electron chi connectivity index (χ2n) is 7.65. The number of nitrogens with zero attached hydrogens (tertiary/aromatic N) is 6. The van der Waals surface area contributed by atoms with E-state index in [9.17, 15) is 0 Å². The van der Waals surface area contributed by atoms with Gasteiger partial charge in [0.2, 0.25) is 0 Å². The fraction of sp³-hybridized carbons (Fsp3) is 0.0870. The van der Waals surface area contributed by atoms with Gasteiger partial charge < -0.3 is 4.98 Å². The lowest BCUT2D eigenvalue weighted by atomic mass is 10.2. The molecule has 0 atom stereocenters. The Hall–Kier alpha value is -4.11. The summed E-state index contributed by atoms with van der Waals surface area (Å²) in [4.78, 5) is 19.9. The fourth-order valence-corrected chi connectivity index (χ4v) is 4.63. The molecule has 32 heavy (non-hydrogen) atoms. The van der Waals surface area contributed by atoms with Gasteiger partial charge in [-0.05, 0) is 42.8 Å². The third-order valence-electron chi connectivity index (χ3n) is 5.29. The summed E-state index contributed by atoms with van der Waals surface area (Å²) >= 11 is 1.66. The van der Waals surface area contributed by atoms with Crippen LogP contribution in [0.1, 0.15) is 11.8 Å². The molecule has 9 heteroatoms. The van der Waals surface area contributed by atoms with Crippen LogP contribution in [0.4, 0.5) is 0 Å². The number of nitrogens with one attached hydrogen (secondary N) is 2. The van der Waals surface area contributed by atoms with Crippen molar-refractivity contribution in [1.82, 2.24) is 39.9 Å². The lowest BCUT2D eigenvalue weighted by molar-refractivity contribution is 0.768. The number of hydrogen-bond acceptors (Lipinski definition) is 6. The summed E-state index contributed by atoms with van der Waals surface area (Å²) < 4.78 is 1.76. The van der Waals surface area contributed by atoms with Crippen molar-refractivity contribution in [1.29, 1.82) is 0 Å². The minimum absolute atomic E-state index is 0.646. The van der Waals surface area contributed by atoms with Crippen LogP contribution in [0.15, 0.2) is 55.5 Å². The molecule has 0 fully saturated rings. The van der Waals surface area contributed by atoms with Gasteiger partial charge in [-0.2, -0.15) is 10.2 Å². The fourth-order valence-electron chi connectivity index (χ4n) is 3.70. The van der Waals surface area contributed by atoms with Gasteiger partial charge in [-0.15, -0.1) is 11.3 Å². The van der Waals surface area contributed by atoms with Crippen molar-refractivity contribution in [2.75, 3.05) is 0 Å². The van der Waals surface area contributed by atoms with E-state index in [1.165, 1.54) is 0 Å². The molecule has 0 aromatic carbocycles. The molecule has 0 saturated heterocycles. The van der Waals surface area contributed by atoms with Crippen LogP contribution in [0.3, 0.4) is 0 Å². The van der Waals surface area contributed by atoms with Crippen molar-refractivity contribution in [2.24, 2.45) is 7.05 Å². The first-order chi connectivity index (χ1) is 15.6. The monoisotopic (exact) mass is 438 g/mol. The summed E-state index contributed by atoms with van der Waals surface area (Å²) in [7, 11) is 1.89. The summed E-state index contributed by atoms with van der Waals surface area (Å²) in [5.74, 6) is 0.646. The Labute approximate surface area is 186 Å². The van der Waals surface area contributed by atoms with Crippen LogP contribution in [0.25, 0.3) is 61.0 Å². The molecule has 0 aliphatic carbocycles. The molecule has 0 bridgehead atoms. The minimum Gasteiger partial charge on any atom is -0.336 e. The Balaban J connectivity index is 1.49. The van der Waals surface area contributed by atoms with Gasteiger partial charge in [0.1, 0.15) is 16.7 Å². The quantitative estimate of drug-likeness (QED) is 0.401. The van der Waals surface area contributed by atoms with Crippen LogP contribution in [-0.4, -0.2) is 39.9 Å². The zero-order valence-corrected chi connectivity index (χ0v) is 18.2. The third kappa shape index (κ3) is 2.94. The minimum atomic E-state index is 0.646. The topological polar surface area (TPSA) is 101 Å². The molecular weight excluding hydrogens is 420 g/mol. The van der Waals surface area contributed by atoms with Gasteiger partial charge in [0.05, 0.1) is 27.8 Å². The van der Waals surface area contributed by atoms with Crippen LogP contribution in [0.2, 0.25) is 0 Å². The smallest absolute Gasteiger partial charge is 0.161 e. The van der Waals surface area contributed by atoms with Crippen LogP contribution in [0.5, 0.6) is 0 Å². The Morgan fingerprint density at radius 1 is 1.03 bits per heavy atom. The molecule has 6 aromatic rings. The van der Waals surface area contributed by atoms with Crippen molar-refractivity contribution < 1.29 is 0 Å². The highest BCUT2D eigenvalue weighted by atomic mass is 32.1. The summed E-state index contributed by atoms with van der Waals surface area (Å²) in [6.07, 6.45) is 5.53. The van der Waals surface area contributed by atoms with E-state index in [1.807, 2.05) is 38.4 Å². The number of pyridine rings is 2. The van der Waals surface area contributed by atoms with Crippen LogP contribution in [0, 0.1) is 0 Å². The zero-order valence-electron chi connectivity index (χ0n) is 17.4. The van der Waals surface area contributed by atoms with E-state index in [-0.39, 0.29) is 0 Å². The summed E-state index contributed by atoms with van der Waals surface area (Å²) in [6.45, 7) is 6.04. The van der Waals surface area contributed by atoms with E-state index >= 15 is 0 Å². The number of hydrogen-bond donors (Lipinski definition) is 2. The second kappa shape index (κ2) is 6.96. The van der Waals surface area contributed by atoms with E-state index in [4.69, 9.17) is 9.97 Å². The molecule has 0 spiro atoms. The molecule has 8 nitrogen and oxygen atoms in total. The number of H-pyrrole nitrogens is 2. The number of aromatic nitrogens is 8. The molecule has 156 valence electrons. The molecule has 0 unspecified atom stereocenters. The molecular formula is C23H18N8S. The highest BCUT2D eigenvalue weighted by Gasteiger charge is 2.18. The van der Waals surface area contributed by atoms with Crippen LogP contribution < -0.4 is 0 Å². The van der Waals surface area contributed by atoms with Crippen molar-refractivity contribution in [3.63, 3.8) is 0 Å². The maximum atomic E-state index is 4.87. The van der Waals surface area contributed by atoms with Gasteiger partial charge in [-0.3, -0.25) is 14.8 Å². The summed E-state index contributed by atoms with van der Waals surface area (Å²) in [5, 5.41) is 11.8. The highest BCUT2D eigenvalue weighted by molar-refractivity contribution is 7.16.